The summed E-state index contributed by atoms with van der Waals surface area (Å²) in [7, 11) is 0. The van der Waals surface area contributed by atoms with E-state index in [0.717, 1.165) is 31.9 Å². The second-order valence-corrected chi connectivity index (χ2v) is 7.49. The molecule has 1 atom stereocenters. The zero-order chi connectivity index (χ0) is 19.9. The zero-order valence-corrected chi connectivity index (χ0v) is 17.2. The van der Waals surface area contributed by atoms with Crippen LogP contribution < -0.4 is 10.1 Å². The molecule has 5 nitrogen and oxygen atoms in total. The number of hydrogen-bond acceptors (Lipinski definition) is 4. The minimum Gasteiger partial charge on any atom is -0.484 e. The Hall–Kier alpha value is -2.08. The first-order valence-electron chi connectivity index (χ1n) is 9.57. The van der Waals surface area contributed by atoms with Crippen molar-refractivity contribution in [1.29, 1.82) is 0 Å². The summed E-state index contributed by atoms with van der Waals surface area (Å²) >= 11 is 6.02. The molecule has 0 spiro atoms. The van der Waals surface area contributed by atoms with E-state index in [2.05, 4.69) is 41.4 Å². The van der Waals surface area contributed by atoms with Gasteiger partial charge in [0.2, 0.25) is 0 Å². The van der Waals surface area contributed by atoms with Crippen LogP contribution in [0.15, 0.2) is 42.5 Å². The van der Waals surface area contributed by atoms with Crippen molar-refractivity contribution in [2.75, 3.05) is 39.5 Å². The van der Waals surface area contributed by atoms with E-state index in [0.29, 0.717) is 17.3 Å². The highest BCUT2D eigenvalue weighted by molar-refractivity contribution is 6.31. The topological polar surface area (TPSA) is 50.8 Å². The molecule has 3 rings (SSSR count). The molecule has 2 aromatic carbocycles. The van der Waals surface area contributed by atoms with E-state index in [-0.39, 0.29) is 18.6 Å². The van der Waals surface area contributed by atoms with Crippen LogP contribution in [0.2, 0.25) is 5.02 Å². The molecule has 0 bridgehead atoms. The summed E-state index contributed by atoms with van der Waals surface area (Å²) in [4.78, 5) is 14.7. The number of carbonyl (C=O) groups is 1. The summed E-state index contributed by atoms with van der Waals surface area (Å²) in [6.45, 7) is 7.64. The maximum atomic E-state index is 12.3. The van der Waals surface area contributed by atoms with Gasteiger partial charge in [-0.1, -0.05) is 41.4 Å². The molecule has 1 amide bonds. The molecule has 6 heteroatoms. The third-order valence-corrected chi connectivity index (χ3v) is 5.36. The molecule has 28 heavy (non-hydrogen) atoms. The van der Waals surface area contributed by atoms with Gasteiger partial charge in [0.25, 0.3) is 5.91 Å². The normalized spacial score (nSPS) is 15.8. The van der Waals surface area contributed by atoms with Gasteiger partial charge in [-0.05, 0) is 43.2 Å². The maximum absolute atomic E-state index is 12.3. The van der Waals surface area contributed by atoms with Gasteiger partial charge in [0.15, 0.2) is 6.61 Å². The fourth-order valence-electron chi connectivity index (χ4n) is 3.25. The monoisotopic (exact) mass is 402 g/mol. The van der Waals surface area contributed by atoms with Crippen molar-refractivity contribution in [3.63, 3.8) is 0 Å². The molecule has 2 aromatic rings. The maximum Gasteiger partial charge on any atom is 0.258 e. The number of amides is 1. The molecule has 150 valence electrons. The Morgan fingerprint density at radius 1 is 1.18 bits per heavy atom. The number of nitrogens with one attached hydrogen (secondary N) is 1. The van der Waals surface area contributed by atoms with E-state index in [4.69, 9.17) is 21.1 Å². The van der Waals surface area contributed by atoms with E-state index >= 15 is 0 Å². The number of benzene rings is 2. The predicted molar refractivity (Wildman–Crippen MR) is 111 cm³/mol. The molecule has 0 saturated carbocycles. The molecule has 0 radical (unpaired) electrons. The molecule has 0 aromatic heterocycles. The molecule has 1 aliphatic heterocycles. The molecule has 1 N–H and O–H groups in total. The van der Waals surface area contributed by atoms with Crippen molar-refractivity contribution < 1.29 is 14.3 Å². The van der Waals surface area contributed by atoms with Gasteiger partial charge in [-0.3, -0.25) is 9.69 Å². The Kier molecular flexibility index (Phi) is 7.31. The minimum atomic E-state index is -0.141. The van der Waals surface area contributed by atoms with Gasteiger partial charge < -0.3 is 14.8 Å². The van der Waals surface area contributed by atoms with Crippen molar-refractivity contribution in [2.45, 2.75) is 19.9 Å². The lowest BCUT2D eigenvalue weighted by atomic mass is 10.0. The average Bonchev–Trinajstić information content (AvgIpc) is 2.71. The molecular formula is C22H27ClN2O3. The number of halogens is 1. The van der Waals surface area contributed by atoms with Gasteiger partial charge in [0.05, 0.1) is 19.3 Å². The number of hydrogen-bond donors (Lipinski definition) is 1. The van der Waals surface area contributed by atoms with E-state index in [9.17, 15) is 4.79 Å². The molecule has 1 heterocycles. The molecular weight excluding hydrogens is 376 g/mol. The predicted octanol–water partition coefficient (Wildman–Crippen LogP) is 3.53. The highest BCUT2D eigenvalue weighted by atomic mass is 35.5. The standard InChI is InChI=1S/C22H27ClN2O3/c1-16-3-5-18(6-4-16)21(25-9-11-27-12-10-25)14-24-22(26)15-28-19-7-8-20(23)17(2)13-19/h3-8,13,21H,9-12,14-15H2,1-2H3,(H,24,26). The van der Waals surface area contributed by atoms with Crippen LogP contribution in [0.5, 0.6) is 5.75 Å². The summed E-state index contributed by atoms with van der Waals surface area (Å²) in [5.74, 6) is 0.498. The van der Waals surface area contributed by atoms with Gasteiger partial charge in [-0.15, -0.1) is 0 Å². The van der Waals surface area contributed by atoms with Gasteiger partial charge in [-0.25, -0.2) is 0 Å². The number of aryl methyl sites for hydroxylation is 2. The number of carbonyl (C=O) groups excluding carboxylic acids is 1. The van der Waals surface area contributed by atoms with E-state index in [1.807, 2.05) is 13.0 Å². The summed E-state index contributed by atoms with van der Waals surface area (Å²) in [5.41, 5.74) is 3.34. The zero-order valence-electron chi connectivity index (χ0n) is 16.4. The van der Waals surface area contributed by atoms with Gasteiger partial charge in [-0.2, -0.15) is 0 Å². The van der Waals surface area contributed by atoms with E-state index in [1.54, 1.807) is 12.1 Å². The van der Waals surface area contributed by atoms with E-state index < -0.39 is 0 Å². The average molecular weight is 403 g/mol. The van der Waals surface area contributed by atoms with Gasteiger partial charge in [0, 0.05) is 24.7 Å². The van der Waals surface area contributed by atoms with Crippen LogP contribution >= 0.6 is 11.6 Å². The number of rotatable bonds is 7. The van der Waals surface area contributed by atoms with Crippen LogP contribution in [-0.4, -0.2) is 50.3 Å². The largest absolute Gasteiger partial charge is 0.484 e. The van der Waals surface area contributed by atoms with Crippen LogP contribution in [0.1, 0.15) is 22.7 Å². The fraction of sp³-hybridized carbons (Fsp3) is 0.409. The lowest BCUT2D eigenvalue weighted by molar-refractivity contribution is -0.123. The lowest BCUT2D eigenvalue weighted by Crippen LogP contribution is -2.44. The Labute approximate surface area is 171 Å². The van der Waals surface area contributed by atoms with Gasteiger partial charge in [0.1, 0.15) is 5.75 Å². The number of ether oxygens (including phenoxy) is 2. The van der Waals surface area contributed by atoms with Crippen molar-refractivity contribution in [2.24, 2.45) is 0 Å². The van der Waals surface area contributed by atoms with Crippen LogP contribution in [0, 0.1) is 13.8 Å². The van der Waals surface area contributed by atoms with Crippen LogP contribution in [-0.2, 0) is 9.53 Å². The van der Waals surface area contributed by atoms with Crippen LogP contribution in [0.4, 0.5) is 0 Å². The van der Waals surface area contributed by atoms with Crippen molar-refractivity contribution >= 4 is 17.5 Å². The SMILES string of the molecule is Cc1ccc(C(CNC(=O)COc2ccc(Cl)c(C)c2)N2CCOCC2)cc1. The minimum absolute atomic E-state index is 0.0230. The Morgan fingerprint density at radius 2 is 1.89 bits per heavy atom. The first kappa shape index (κ1) is 20.6. The van der Waals surface area contributed by atoms with Crippen molar-refractivity contribution in [1.82, 2.24) is 10.2 Å². The summed E-state index contributed by atoms with van der Waals surface area (Å²) < 4.78 is 11.1. The molecule has 1 fully saturated rings. The highest BCUT2D eigenvalue weighted by Gasteiger charge is 2.23. The number of nitrogens with zero attached hydrogens (tertiary/aromatic N) is 1. The smallest absolute Gasteiger partial charge is 0.258 e. The second-order valence-electron chi connectivity index (χ2n) is 7.08. The Bertz CT molecular complexity index is 789. The summed E-state index contributed by atoms with van der Waals surface area (Å²) in [6.07, 6.45) is 0. The second kappa shape index (κ2) is 9.92. The molecule has 1 unspecified atom stereocenters. The van der Waals surface area contributed by atoms with Crippen molar-refractivity contribution in [3.05, 3.63) is 64.2 Å². The molecule has 0 aliphatic carbocycles. The molecule has 1 saturated heterocycles. The highest BCUT2D eigenvalue weighted by Crippen LogP contribution is 2.22. The van der Waals surface area contributed by atoms with E-state index in [1.165, 1.54) is 11.1 Å². The van der Waals surface area contributed by atoms with Crippen molar-refractivity contribution in [3.8, 4) is 5.75 Å². The van der Waals surface area contributed by atoms with Crippen LogP contribution in [0.3, 0.4) is 0 Å². The first-order valence-corrected chi connectivity index (χ1v) is 9.95. The Morgan fingerprint density at radius 3 is 2.57 bits per heavy atom. The lowest BCUT2D eigenvalue weighted by Gasteiger charge is -2.35. The number of morpholine rings is 1. The third-order valence-electron chi connectivity index (χ3n) is 4.94. The first-order chi connectivity index (χ1) is 13.5. The Balaban J connectivity index is 1.58. The summed E-state index contributed by atoms with van der Waals surface area (Å²) in [5, 5.41) is 3.70. The van der Waals surface area contributed by atoms with Gasteiger partial charge >= 0.3 is 0 Å². The van der Waals surface area contributed by atoms with Crippen LogP contribution in [0.25, 0.3) is 0 Å². The fourth-order valence-corrected chi connectivity index (χ4v) is 3.37. The quantitative estimate of drug-likeness (QED) is 0.769. The summed E-state index contributed by atoms with van der Waals surface area (Å²) in [6, 6.07) is 14.0. The molecule has 1 aliphatic rings. The third kappa shape index (κ3) is 5.71.